The molecule has 0 aliphatic carbocycles. The van der Waals surface area contributed by atoms with Gasteiger partial charge in [0.2, 0.25) is 11.1 Å². The standard InChI is InChI=1S/C10H6ClFN4O4S/c11-10-13-4-7(5-14-10)21(19,20)15-6-1-2-9(16(17)18)8(12)3-6/h1-5,15H. The fraction of sp³-hybridized carbons (Fsp3) is 0. The zero-order valence-electron chi connectivity index (χ0n) is 10.0. The summed E-state index contributed by atoms with van der Waals surface area (Å²) in [5.41, 5.74) is -0.930. The molecule has 0 radical (unpaired) electrons. The second-order valence-electron chi connectivity index (χ2n) is 3.72. The minimum absolute atomic E-state index is 0.129. The second kappa shape index (κ2) is 5.58. The summed E-state index contributed by atoms with van der Waals surface area (Å²) in [4.78, 5) is 16.3. The Morgan fingerprint density at radius 3 is 2.43 bits per heavy atom. The fourth-order valence-electron chi connectivity index (χ4n) is 1.37. The third kappa shape index (κ3) is 3.41. The van der Waals surface area contributed by atoms with Gasteiger partial charge in [-0.1, -0.05) is 0 Å². The molecule has 0 saturated heterocycles. The van der Waals surface area contributed by atoms with Crippen molar-refractivity contribution in [2.75, 3.05) is 4.72 Å². The summed E-state index contributed by atoms with van der Waals surface area (Å²) in [6.45, 7) is 0. The van der Waals surface area contributed by atoms with Gasteiger partial charge in [0.15, 0.2) is 0 Å². The molecule has 1 N–H and O–H groups in total. The Hall–Kier alpha value is -2.33. The molecule has 11 heteroatoms. The normalized spacial score (nSPS) is 11.1. The molecule has 2 aromatic rings. The zero-order chi connectivity index (χ0) is 15.6. The Balaban J connectivity index is 2.31. The molecule has 1 heterocycles. The van der Waals surface area contributed by atoms with Gasteiger partial charge in [0.05, 0.1) is 23.0 Å². The molecule has 0 fully saturated rings. The topological polar surface area (TPSA) is 115 Å². The lowest BCUT2D eigenvalue weighted by Crippen LogP contribution is -2.13. The van der Waals surface area contributed by atoms with Gasteiger partial charge in [0, 0.05) is 12.1 Å². The molecule has 0 unspecified atom stereocenters. The number of nitro benzene ring substituents is 1. The molecule has 1 aromatic heterocycles. The summed E-state index contributed by atoms with van der Waals surface area (Å²) >= 11 is 5.44. The van der Waals surface area contributed by atoms with Gasteiger partial charge >= 0.3 is 5.69 Å². The Bertz CT molecular complexity index is 797. The van der Waals surface area contributed by atoms with Crippen molar-refractivity contribution in [3.8, 4) is 0 Å². The average Bonchev–Trinajstić information content (AvgIpc) is 2.38. The lowest BCUT2D eigenvalue weighted by molar-refractivity contribution is -0.387. The van der Waals surface area contributed by atoms with Crippen LogP contribution in [0, 0.1) is 15.9 Å². The van der Waals surface area contributed by atoms with Crippen molar-refractivity contribution < 1.29 is 17.7 Å². The highest BCUT2D eigenvalue weighted by molar-refractivity contribution is 7.92. The molecule has 21 heavy (non-hydrogen) atoms. The van der Waals surface area contributed by atoms with Gasteiger partial charge in [-0.15, -0.1) is 0 Å². The van der Waals surface area contributed by atoms with Crippen molar-refractivity contribution in [1.29, 1.82) is 0 Å². The van der Waals surface area contributed by atoms with Crippen LogP contribution in [0.25, 0.3) is 0 Å². The van der Waals surface area contributed by atoms with E-state index < -0.39 is 26.5 Å². The van der Waals surface area contributed by atoms with Crippen LogP contribution in [-0.4, -0.2) is 23.3 Å². The summed E-state index contributed by atoms with van der Waals surface area (Å²) < 4.78 is 39.4. The van der Waals surface area contributed by atoms with Gasteiger partial charge in [0.1, 0.15) is 4.90 Å². The Labute approximate surface area is 122 Å². The van der Waals surface area contributed by atoms with Crippen LogP contribution in [0.3, 0.4) is 0 Å². The minimum atomic E-state index is -4.05. The summed E-state index contributed by atoms with van der Waals surface area (Å²) in [6.07, 6.45) is 1.94. The van der Waals surface area contributed by atoms with Gasteiger partial charge in [-0.05, 0) is 17.7 Å². The van der Waals surface area contributed by atoms with E-state index in [0.717, 1.165) is 24.5 Å². The largest absolute Gasteiger partial charge is 0.304 e. The predicted molar refractivity (Wildman–Crippen MR) is 70.9 cm³/mol. The first kappa shape index (κ1) is 15.1. The molecule has 0 aliphatic rings. The van der Waals surface area contributed by atoms with E-state index in [1.54, 1.807) is 0 Å². The first-order chi connectivity index (χ1) is 9.79. The number of nitrogens with zero attached hydrogens (tertiary/aromatic N) is 3. The number of hydrogen-bond donors (Lipinski definition) is 1. The summed E-state index contributed by atoms with van der Waals surface area (Å²) in [5, 5.41) is 10.3. The van der Waals surface area contributed by atoms with Crippen LogP contribution in [0.15, 0.2) is 35.5 Å². The quantitative estimate of drug-likeness (QED) is 0.520. The maximum absolute atomic E-state index is 13.4. The molecule has 0 spiro atoms. The number of aromatic nitrogens is 2. The van der Waals surface area contributed by atoms with E-state index in [2.05, 4.69) is 9.97 Å². The number of nitro groups is 1. The molecule has 2 rings (SSSR count). The molecule has 0 atom stereocenters. The van der Waals surface area contributed by atoms with Crippen LogP contribution in [0.4, 0.5) is 15.8 Å². The average molecular weight is 333 g/mol. The van der Waals surface area contributed by atoms with Gasteiger partial charge in [0.25, 0.3) is 10.0 Å². The summed E-state index contributed by atoms with van der Waals surface area (Å²) in [7, 11) is -4.05. The highest BCUT2D eigenvalue weighted by atomic mass is 35.5. The van der Waals surface area contributed by atoms with E-state index in [1.807, 2.05) is 4.72 Å². The lowest BCUT2D eigenvalue weighted by atomic mass is 10.3. The highest BCUT2D eigenvalue weighted by Gasteiger charge is 2.18. The molecular formula is C10H6ClFN4O4S. The molecule has 0 aliphatic heterocycles. The summed E-state index contributed by atoms with van der Waals surface area (Å²) in [5.74, 6) is -1.16. The van der Waals surface area contributed by atoms with E-state index >= 15 is 0 Å². The van der Waals surface area contributed by atoms with Crippen molar-refractivity contribution in [3.63, 3.8) is 0 Å². The maximum atomic E-state index is 13.4. The second-order valence-corrected chi connectivity index (χ2v) is 5.74. The van der Waals surface area contributed by atoms with Crippen molar-refractivity contribution in [2.24, 2.45) is 0 Å². The lowest BCUT2D eigenvalue weighted by Gasteiger charge is -2.07. The number of benzene rings is 1. The van der Waals surface area contributed by atoms with Gasteiger partial charge in [-0.3, -0.25) is 14.8 Å². The molecule has 0 bridgehead atoms. The van der Waals surface area contributed by atoms with Crippen LogP contribution in [0.5, 0.6) is 0 Å². The van der Waals surface area contributed by atoms with Crippen LogP contribution < -0.4 is 4.72 Å². The third-order valence-electron chi connectivity index (χ3n) is 2.30. The first-order valence-corrected chi connectivity index (χ1v) is 7.10. The van der Waals surface area contributed by atoms with Crippen LogP contribution >= 0.6 is 11.6 Å². The van der Waals surface area contributed by atoms with E-state index in [0.29, 0.717) is 6.07 Å². The number of anilines is 1. The Kier molecular flexibility index (Phi) is 4.00. The molecule has 8 nitrogen and oxygen atoms in total. The third-order valence-corrected chi connectivity index (χ3v) is 3.83. The SMILES string of the molecule is O=[N+]([O-])c1ccc(NS(=O)(=O)c2cnc(Cl)nc2)cc1F. The van der Waals surface area contributed by atoms with E-state index in [9.17, 15) is 22.9 Å². The maximum Gasteiger partial charge on any atom is 0.304 e. The molecule has 110 valence electrons. The predicted octanol–water partition coefficient (Wildman–Crippen LogP) is 1.98. The highest BCUT2D eigenvalue weighted by Crippen LogP contribution is 2.22. The monoisotopic (exact) mass is 332 g/mol. The molecule has 0 amide bonds. The number of sulfonamides is 1. The number of rotatable bonds is 4. The van der Waals surface area contributed by atoms with Crippen molar-refractivity contribution in [3.05, 3.63) is 51.8 Å². The van der Waals surface area contributed by atoms with Crippen molar-refractivity contribution in [1.82, 2.24) is 9.97 Å². The van der Waals surface area contributed by atoms with Gasteiger partial charge < -0.3 is 0 Å². The fourth-order valence-corrected chi connectivity index (χ4v) is 2.41. The van der Waals surface area contributed by atoms with Gasteiger partial charge in [-0.25, -0.2) is 18.4 Å². The van der Waals surface area contributed by atoms with E-state index in [4.69, 9.17) is 11.6 Å². The number of hydrogen-bond acceptors (Lipinski definition) is 6. The Morgan fingerprint density at radius 1 is 1.29 bits per heavy atom. The molecular weight excluding hydrogens is 327 g/mol. The van der Waals surface area contributed by atoms with Crippen LogP contribution in [0.2, 0.25) is 5.28 Å². The van der Waals surface area contributed by atoms with E-state index in [-0.39, 0.29) is 15.9 Å². The summed E-state index contributed by atoms with van der Waals surface area (Å²) in [6, 6.07) is 2.62. The van der Waals surface area contributed by atoms with E-state index in [1.165, 1.54) is 0 Å². The van der Waals surface area contributed by atoms with Crippen LogP contribution in [-0.2, 0) is 10.0 Å². The van der Waals surface area contributed by atoms with Crippen LogP contribution in [0.1, 0.15) is 0 Å². The van der Waals surface area contributed by atoms with Gasteiger partial charge in [-0.2, -0.15) is 4.39 Å². The zero-order valence-corrected chi connectivity index (χ0v) is 11.6. The van der Waals surface area contributed by atoms with Crippen molar-refractivity contribution >= 4 is 33.0 Å². The van der Waals surface area contributed by atoms with Crippen molar-refractivity contribution in [2.45, 2.75) is 4.90 Å². The molecule has 1 aromatic carbocycles. The smallest absolute Gasteiger partial charge is 0.279 e. The number of nitrogens with one attached hydrogen (secondary N) is 1. The first-order valence-electron chi connectivity index (χ1n) is 5.24. The minimum Gasteiger partial charge on any atom is -0.279 e. The number of halogens is 2. The Morgan fingerprint density at radius 2 is 1.90 bits per heavy atom. The molecule has 0 saturated carbocycles.